The normalized spacial score (nSPS) is 10.9. The molecule has 0 radical (unpaired) electrons. The average molecular weight is 258 g/mol. The van der Waals surface area contributed by atoms with E-state index in [9.17, 15) is 23.3 Å². The molecular formula is C9H10N2O5S. The van der Waals surface area contributed by atoms with Crippen LogP contribution in [0.25, 0.3) is 0 Å². The van der Waals surface area contributed by atoms with Crippen LogP contribution in [0.3, 0.4) is 0 Å². The smallest absolute Gasteiger partial charge is 0.269 e. The number of nitro benzene ring substituents is 1. The molecule has 0 aliphatic heterocycles. The lowest BCUT2D eigenvalue weighted by molar-refractivity contribution is -0.384. The summed E-state index contributed by atoms with van der Waals surface area (Å²) in [6, 6.07) is 5.31. The van der Waals surface area contributed by atoms with E-state index in [1.54, 1.807) is 4.72 Å². The lowest BCUT2D eigenvalue weighted by atomic mass is 10.1. The second-order valence-corrected chi connectivity index (χ2v) is 5.15. The first kappa shape index (κ1) is 13.1. The summed E-state index contributed by atoms with van der Waals surface area (Å²) >= 11 is 0. The number of hydrogen-bond acceptors (Lipinski definition) is 5. The van der Waals surface area contributed by atoms with Gasteiger partial charge in [-0.15, -0.1) is 0 Å². The molecule has 0 bridgehead atoms. The van der Waals surface area contributed by atoms with Crippen molar-refractivity contribution in [3.05, 3.63) is 39.9 Å². The van der Waals surface area contributed by atoms with Crippen molar-refractivity contribution in [1.29, 1.82) is 0 Å². The molecule has 0 fully saturated rings. The van der Waals surface area contributed by atoms with E-state index in [1.807, 2.05) is 0 Å². The maximum atomic E-state index is 11.2. The lowest BCUT2D eigenvalue weighted by Gasteiger charge is -2.02. The molecule has 0 aliphatic rings. The van der Waals surface area contributed by atoms with Gasteiger partial charge in [0, 0.05) is 12.1 Å². The molecule has 0 heterocycles. The number of nitrogens with zero attached hydrogens (tertiary/aromatic N) is 1. The molecule has 1 amide bonds. The molecule has 0 spiro atoms. The molecule has 0 saturated heterocycles. The van der Waals surface area contributed by atoms with Crippen LogP contribution in [0, 0.1) is 10.1 Å². The monoisotopic (exact) mass is 258 g/mol. The van der Waals surface area contributed by atoms with E-state index in [0.29, 0.717) is 5.56 Å². The number of rotatable bonds is 4. The Morgan fingerprint density at radius 1 is 1.35 bits per heavy atom. The van der Waals surface area contributed by atoms with Crippen LogP contribution in [-0.4, -0.2) is 25.5 Å². The SMILES string of the molecule is CS(=O)(=O)NC(=O)Cc1ccc([N+](=O)[O-])cc1. The summed E-state index contributed by atoms with van der Waals surface area (Å²) in [4.78, 5) is 21.0. The van der Waals surface area contributed by atoms with Crippen LogP contribution in [0.5, 0.6) is 0 Å². The first-order valence-corrected chi connectivity index (χ1v) is 6.41. The van der Waals surface area contributed by atoms with Gasteiger partial charge in [0.2, 0.25) is 15.9 Å². The quantitative estimate of drug-likeness (QED) is 0.613. The van der Waals surface area contributed by atoms with Crippen LogP contribution >= 0.6 is 0 Å². The second kappa shape index (κ2) is 4.91. The Labute approximate surface area is 97.7 Å². The third kappa shape index (κ3) is 4.60. The molecule has 17 heavy (non-hydrogen) atoms. The van der Waals surface area contributed by atoms with Crippen molar-refractivity contribution in [3.63, 3.8) is 0 Å². The number of non-ortho nitro benzene ring substituents is 1. The minimum atomic E-state index is -3.57. The molecule has 1 rings (SSSR count). The Morgan fingerprint density at radius 3 is 2.29 bits per heavy atom. The van der Waals surface area contributed by atoms with E-state index in [-0.39, 0.29) is 12.1 Å². The zero-order valence-corrected chi connectivity index (χ0v) is 9.73. The summed E-state index contributed by atoms with van der Waals surface area (Å²) in [6.07, 6.45) is 0.728. The molecule has 0 atom stereocenters. The van der Waals surface area contributed by atoms with Gasteiger partial charge >= 0.3 is 0 Å². The van der Waals surface area contributed by atoms with Gasteiger partial charge < -0.3 is 0 Å². The molecule has 7 nitrogen and oxygen atoms in total. The fourth-order valence-corrected chi connectivity index (χ4v) is 1.65. The van der Waals surface area contributed by atoms with Crippen molar-refractivity contribution in [2.24, 2.45) is 0 Å². The van der Waals surface area contributed by atoms with E-state index in [1.165, 1.54) is 24.3 Å². The molecule has 1 aromatic carbocycles. The molecule has 0 unspecified atom stereocenters. The summed E-state index contributed by atoms with van der Waals surface area (Å²) in [5.41, 5.74) is 0.411. The summed E-state index contributed by atoms with van der Waals surface area (Å²) < 4.78 is 23.3. The topological polar surface area (TPSA) is 106 Å². The molecule has 1 N–H and O–H groups in total. The molecule has 0 saturated carbocycles. The standard InChI is InChI=1S/C9H10N2O5S/c1-17(15,16)10-9(12)6-7-2-4-8(5-3-7)11(13)14/h2-5H,6H2,1H3,(H,10,12). The number of benzene rings is 1. The summed E-state index contributed by atoms with van der Waals surface area (Å²) in [5.74, 6) is -0.679. The Bertz CT molecular complexity index is 535. The van der Waals surface area contributed by atoms with E-state index in [4.69, 9.17) is 0 Å². The maximum Gasteiger partial charge on any atom is 0.269 e. The van der Waals surface area contributed by atoms with Gasteiger partial charge in [0.15, 0.2) is 0 Å². The van der Waals surface area contributed by atoms with Gasteiger partial charge in [-0.25, -0.2) is 8.42 Å². The number of hydrogen-bond donors (Lipinski definition) is 1. The molecule has 8 heteroatoms. The van der Waals surface area contributed by atoms with Crippen molar-refractivity contribution in [3.8, 4) is 0 Å². The number of carbonyl (C=O) groups is 1. The summed E-state index contributed by atoms with van der Waals surface area (Å²) in [6.45, 7) is 0. The van der Waals surface area contributed by atoms with Crippen LogP contribution in [-0.2, 0) is 21.2 Å². The highest BCUT2D eigenvalue weighted by molar-refractivity contribution is 7.89. The summed E-state index contributed by atoms with van der Waals surface area (Å²) in [7, 11) is -3.57. The largest absolute Gasteiger partial charge is 0.274 e. The van der Waals surface area contributed by atoms with Crippen LogP contribution < -0.4 is 4.72 Å². The van der Waals surface area contributed by atoms with Gasteiger partial charge in [-0.2, -0.15) is 0 Å². The van der Waals surface area contributed by atoms with Crippen molar-refractivity contribution < 1.29 is 18.1 Å². The highest BCUT2D eigenvalue weighted by Gasteiger charge is 2.10. The molecule has 1 aromatic rings. The molecule has 0 aliphatic carbocycles. The molecular weight excluding hydrogens is 248 g/mol. The zero-order chi connectivity index (χ0) is 13.1. The van der Waals surface area contributed by atoms with Crippen molar-refractivity contribution in [2.75, 3.05) is 6.26 Å². The predicted molar refractivity (Wildman–Crippen MR) is 59.8 cm³/mol. The van der Waals surface area contributed by atoms with Gasteiger partial charge in [0.05, 0.1) is 17.6 Å². The van der Waals surface area contributed by atoms with Crippen LogP contribution in [0.4, 0.5) is 5.69 Å². The van der Waals surface area contributed by atoms with Crippen LogP contribution in [0.1, 0.15) is 5.56 Å². The van der Waals surface area contributed by atoms with Crippen molar-refractivity contribution >= 4 is 21.6 Å². The molecule has 0 aromatic heterocycles. The van der Waals surface area contributed by atoms with Gasteiger partial charge in [-0.05, 0) is 5.56 Å². The second-order valence-electron chi connectivity index (χ2n) is 3.40. The zero-order valence-electron chi connectivity index (χ0n) is 8.91. The highest BCUT2D eigenvalue weighted by atomic mass is 32.2. The van der Waals surface area contributed by atoms with Crippen molar-refractivity contribution in [1.82, 2.24) is 4.72 Å². The average Bonchev–Trinajstić information content (AvgIpc) is 2.15. The third-order valence-electron chi connectivity index (χ3n) is 1.81. The highest BCUT2D eigenvalue weighted by Crippen LogP contribution is 2.12. The minimum absolute atomic E-state index is 0.0859. The van der Waals surface area contributed by atoms with E-state index >= 15 is 0 Å². The molecule has 92 valence electrons. The number of carbonyl (C=O) groups excluding carboxylic acids is 1. The number of nitro groups is 1. The Morgan fingerprint density at radius 2 is 1.88 bits per heavy atom. The lowest BCUT2D eigenvalue weighted by Crippen LogP contribution is -2.30. The van der Waals surface area contributed by atoms with E-state index < -0.39 is 20.9 Å². The van der Waals surface area contributed by atoms with Crippen LogP contribution in [0.2, 0.25) is 0 Å². The maximum absolute atomic E-state index is 11.2. The first-order chi connectivity index (χ1) is 7.78. The van der Waals surface area contributed by atoms with Crippen LogP contribution in [0.15, 0.2) is 24.3 Å². The fraction of sp³-hybridized carbons (Fsp3) is 0.222. The Hall–Kier alpha value is -1.96. The fourth-order valence-electron chi connectivity index (χ4n) is 1.16. The number of sulfonamides is 1. The predicted octanol–water partition coefficient (Wildman–Crippen LogP) is 0.213. The van der Waals surface area contributed by atoms with E-state index in [0.717, 1.165) is 6.26 Å². The first-order valence-electron chi connectivity index (χ1n) is 4.52. The number of nitrogens with one attached hydrogen (secondary N) is 1. The Balaban J connectivity index is 2.70. The van der Waals surface area contributed by atoms with Gasteiger partial charge in [0.25, 0.3) is 5.69 Å². The van der Waals surface area contributed by atoms with E-state index in [2.05, 4.69) is 0 Å². The van der Waals surface area contributed by atoms with Gasteiger partial charge in [0.1, 0.15) is 0 Å². The van der Waals surface area contributed by atoms with Crippen molar-refractivity contribution in [2.45, 2.75) is 6.42 Å². The third-order valence-corrected chi connectivity index (χ3v) is 2.41. The van der Waals surface area contributed by atoms with Gasteiger partial charge in [-0.1, -0.05) is 12.1 Å². The number of amides is 1. The Kier molecular flexibility index (Phi) is 3.79. The minimum Gasteiger partial charge on any atom is -0.274 e. The summed E-state index contributed by atoms with van der Waals surface area (Å²) in [5, 5.41) is 10.4. The van der Waals surface area contributed by atoms with Gasteiger partial charge in [-0.3, -0.25) is 19.6 Å².